The second kappa shape index (κ2) is 7.43. The molecule has 4 fully saturated rings. The number of carbonyl (C=O) groups is 1. The van der Waals surface area contributed by atoms with E-state index in [0.29, 0.717) is 40.0 Å². The normalized spacial score (nSPS) is 52.6. The van der Waals surface area contributed by atoms with E-state index in [1.165, 1.54) is 44.9 Å². The molecule has 0 unspecified atom stereocenters. The summed E-state index contributed by atoms with van der Waals surface area (Å²) < 4.78 is 6.02. The molecule has 4 saturated carbocycles. The number of allylic oxidation sites excluding steroid dienone is 2. The molecule has 5 rings (SSSR count). The average Bonchev–Trinajstić information content (AvgIpc) is 2.88. The topological polar surface area (TPSA) is 26.3 Å². The number of Topliss-reactive ketones (excluding diaryl/α,β-unsaturated/α-hetero) is 1. The second-order valence-electron chi connectivity index (χ2n) is 14.1. The molecule has 2 heteroatoms. The summed E-state index contributed by atoms with van der Waals surface area (Å²) in [6.07, 6.45) is 15.4. The molecule has 180 valence electrons. The Labute approximate surface area is 197 Å². The fraction of sp³-hybridized carbons (Fsp3) is 0.900. The molecule has 32 heavy (non-hydrogen) atoms. The fourth-order valence-electron chi connectivity index (χ4n) is 10.8. The van der Waals surface area contributed by atoms with Crippen LogP contribution in [0, 0.1) is 51.2 Å². The van der Waals surface area contributed by atoms with Gasteiger partial charge in [-0.15, -0.1) is 0 Å². The van der Waals surface area contributed by atoms with Crippen molar-refractivity contribution in [1.29, 1.82) is 0 Å². The van der Waals surface area contributed by atoms with Gasteiger partial charge in [0, 0.05) is 19.4 Å². The average molecular weight is 441 g/mol. The highest BCUT2D eigenvalue weighted by Gasteiger charge is 2.62. The number of fused-ring (bicyclic) bond motifs is 6. The lowest BCUT2D eigenvalue weighted by molar-refractivity contribution is -0.177. The Kier molecular flexibility index (Phi) is 5.37. The first-order valence-corrected chi connectivity index (χ1v) is 13.7. The zero-order valence-electron chi connectivity index (χ0n) is 21.9. The van der Waals surface area contributed by atoms with Gasteiger partial charge in [-0.05, 0) is 103 Å². The van der Waals surface area contributed by atoms with E-state index < -0.39 is 0 Å². The summed E-state index contributed by atoms with van der Waals surface area (Å²) in [4.78, 5) is 12.6. The fourth-order valence-corrected chi connectivity index (χ4v) is 10.8. The van der Waals surface area contributed by atoms with E-state index in [1.54, 1.807) is 5.57 Å². The Balaban J connectivity index is 1.49. The zero-order chi connectivity index (χ0) is 23.1. The molecule has 0 saturated heterocycles. The number of ether oxygens (including phenoxy) is 1. The highest BCUT2D eigenvalue weighted by Crippen LogP contribution is 2.69. The van der Waals surface area contributed by atoms with Gasteiger partial charge < -0.3 is 4.74 Å². The predicted molar refractivity (Wildman–Crippen MR) is 131 cm³/mol. The van der Waals surface area contributed by atoms with Crippen molar-refractivity contribution in [2.24, 2.45) is 51.2 Å². The number of hydrogen-bond donors (Lipinski definition) is 0. The Hall–Kier alpha value is -0.630. The molecule has 0 aliphatic heterocycles. The minimum atomic E-state index is 0.250. The van der Waals surface area contributed by atoms with E-state index in [4.69, 9.17) is 4.74 Å². The Bertz CT molecular complexity index is 810. The van der Waals surface area contributed by atoms with Gasteiger partial charge in [0.2, 0.25) is 0 Å². The summed E-state index contributed by atoms with van der Waals surface area (Å²) in [7, 11) is 1.93. The summed E-state index contributed by atoms with van der Waals surface area (Å²) in [6, 6.07) is 0. The van der Waals surface area contributed by atoms with Gasteiger partial charge in [0.1, 0.15) is 5.78 Å². The lowest BCUT2D eigenvalue weighted by Crippen LogP contribution is -2.58. The maximum absolute atomic E-state index is 12.6. The van der Waals surface area contributed by atoms with E-state index in [9.17, 15) is 4.79 Å². The van der Waals surface area contributed by atoms with Crippen LogP contribution in [0.15, 0.2) is 11.6 Å². The second-order valence-corrected chi connectivity index (χ2v) is 14.1. The molecule has 2 nitrogen and oxygen atoms in total. The maximum Gasteiger partial charge on any atom is 0.136 e. The van der Waals surface area contributed by atoms with E-state index in [-0.39, 0.29) is 11.3 Å². The van der Waals surface area contributed by atoms with Gasteiger partial charge in [-0.3, -0.25) is 4.79 Å². The smallest absolute Gasteiger partial charge is 0.136 e. The van der Waals surface area contributed by atoms with Gasteiger partial charge >= 0.3 is 0 Å². The molecule has 5 aliphatic carbocycles. The van der Waals surface area contributed by atoms with Crippen LogP contribution < -0.4 is 0 Å². The molecule has 9 atom stereocenters. The van der Waals surface area contributed by atoms with Gasteiger partial charge in [0.25, 0.3) is 0 Å². The van der Waals surface area contributed by atoms with Crippen molar-refractivity contribution in [3.63, 3.8) is 0 Å². The molecule has 0 N–H and O–H groups in total. The number of hydrogen-bond acceptors (Lipinski definition) is 2. The van der Waals surface area contributed by atoms with Gasteiger partial charge in [-0.25, -0.2) is 0 Å². The SMILES string of the molecule is CO[C@H]1CC[C@@]2(C)[C@H](CC[C@@]3(C)CC4=CC[C@H]5[C@H](C)C(=O)CC[C@]5(C)[C@H]4CC[C@H]32)C1(C)C. The van der Waals surface area contributed by atoms with Crippen molar-refractivity contribution in [3.05, 3.63) is 11.6 Å². The summed E-state index contributed by atoms with van der Waals surface area (Å²) >= 11 is 0. The van der Waals surface area contributed by atoms with E-state index >= 15 is 0 Å². The first-order valence-electron chi connectivity index (χ1n) is 13.7. The van der Waals surface area contributed by atoms with Crippen molar-refractivity contribution >= 4 is 5.78 Å². The van der Waals surface area contributed by atoms with E-state index in [1.807, 2.05) is 7.11 Å². The number of methoxy groups -OCH3 is 1. The first kappa shape index (κ1) is 23.1. The van der Waals surface area contributed by atoms with Crippen LogP contribution in [-0.2, 0) is 9.53 Å². The highest BCUT2D eigenvalue weighted by molar-refractivity contribution is 5.82. The monoisotopic (exact) mass is 440 g/mol. The van der Waals surface area contributed by atoms with E-state index in [2.05, 4.69) is 47.6 Å². The molecule has 0 heterocycles. The van der Waals surface area contributed by atoms with Crippen LogP contribution in [0.1, 0.15) is 106 Å². The number of ketones is 1. The molecule has 0 spiro atoms. The molecule has 0 aromatic carbocycles. The predicted octanol–water partition coefficient (Wildman–Crippen LogP) is 7.61. The van der Waals surface area contributed by atoms with Crippen LogP contribution in [0.2, 0.25) is 0 Å². The van der Waals surface area contributed by atoms with Gasteiger partial charge in [-0.2, -0.15) is 0 Å². The van der Waals surface area contributed by atoms with Crippen LogP contribution in [-0.4, -0.2) is 19.0 Å². The van der Waals surface area contributed by atoms with Crippen molar-refractivity contribution in [3.8, 4) is 0 Å². The van der Waals surface area contributed by atoms with Gasteiger partial charge in [0.15, 0.2) is 0 Å². The quantitative estimate of drug-likeness (QED) is 0.392. The Morgan fingerprint density at radius 1 is 0.906 bits per heavy atom. The Morgan fingerprint density at radius 3 is 2.38 bits per heavy atom. The lowest BCUT2D eigenvalue weighted by atomic mass is 9.42. The molecule has 0 aromatic heterocycles. The van der Waals surface area contributed by atoms with Crippen LogP contribution >= 0.6 is 0 Å². The third-order valence-corrected chi connectivity index (χ3v) is 12.5. The minimum Gasteiger partial charge on any atom is -0.381 e. The third kappa shape index (κ3) is 3.03. The summed E-state index contributed by atoms with van der Waals surface area (Å²) in [5, 5.41) is 0. The molecule has 0 radical (unpaired) electrons. The molecule has 0 amide bonds. The number of carbonyl (C=O) groups excluding carboxylic acids is 1. The van der Waals surface area contributed by atoms with Crippen molar-refractivity contribution in [2.45, 2.75) is 112 Å². The molecular weight excluding hydrogens is 392 g/mol. The molecule has 0 bridgehead atoms. The standard InChI is InChI=1S/C30H48O2/c1-19-21-9-8-20-18-28(4)15-13-24-27(2,3)26(32-7)14-17-30(24,6)25(28)11-10-22(20)29(21,5)16-12-23(19)31/h8,19,21-22,24-26H,9-18H2,1-7H3/t19-,21-,22-,24+,25+,26-,28-,29-,30-/m0/s1. The minimum absolute atomic E-state index is 0.250. The van der Waals surface area contributed by atoms with Crippen LogP contribution in [0.3, 0.4) is 0 Å². The lowest BCUT2D eigenvalue weighted by Gasteiger charge is -2.64. The molecule has 0 aromatic rings. The van der Waals surface area contributed by atoms with E-state index in [0.717, 1.165) is 31.1 Å². The molecule has 5 aliphatic rings. The Morgan fingerprint density at radius 2 is 1.66 bits per heavy atom. The van der Waals surface area contributed by atoms with Crippen LogP contribution in [0.25, 0.3) is 0 Å². The maximum atomic E-state index is 12.6. The largest absolute Gasteiger partial charge is 0.381 e. The van der Waals surface area contributed by atoms with Crippen molar-refractivity contribution in [1.82, 2.24) is 0 Å². The third-order valence-electron chi connectivity index (χ3n) is 12.5. The number of rotatable bonds is 1. The van der Waals surface area contributed by atoms with Crippen LogP contribution in [0.4, 0.5) is 0 Å². The van der Waals surface area contributed by atoms with Crippen LogP contribution in [0.5, 0.6) is 0 Å². The highest BCUT2D eigenvalue weighted by atomic mass is 16.5. The zero-order valence-corrected chi connectivity index (χ0v) is 21.9. The van der Waals surface area contributed by atoms with Gasteiger partial charge in [0.05, 0.1) is 6.10 Å². The van der Waals surface area contributed by atoms with Crippen molar-refractivity contribution in [2.75, 3.05) is 7.11 Å². The first-order chi connectivity index (χ1) is 15.0. The summed E-state index contributed by atoms with van der Waals surface area (Å²) in [6.45, 7) is 15.1. The summed E-state index contributed by atoms with van der Waals surface area (Å²) in [5.74, 6) is 3.60. The van der Waals surface area contributed by atoms with Crippen molar-refractivity contribution < 1.29 is 9.53 Å². The van der Waals surface area contributed by atoms with Gasteiger partial charge in [-0.1, -0.05) is 53.2 Å². The molecular formula is C30H48O2. The summed E-state index contributed by atoms with van der Waals surface area (Å²) in [5.41, 5.74) is 3.23.